The van der Waals surface area contributed by atoms with Crippen molar-refractivity contribution in [2.24, 2.45) is 0 Å². The third kappa shape index (κ3) is 15.1. The van der Waals surface area contributed by atoms with Crippen LogP contribution >= 0.6 is 24.8 Å². The monoisotopic (exact) mass is 349 g/mol. The second-order valence-corrected chi connectivity index (χ2v) is 6.73. The molecule has 0 radical (unpaired) electrons. The van der Waals surface area contributed by atoms with Gasteiger partial charge in [0.25, 0.3) is 0 Å². The van der Waals surface area contributed by atoms with E-state index in [1.165, 1.54) is 44.9 Å². The number of ether oxygens (including phenoxy) is 2. The highest BCUT2D eigenvalue weighted by Gasteiger charge is 2.05. The van der Waals surface area contributed by atoms with Gasteiger partial charge in [0.1, 0.15) is 4.32 Å². The van der Waals surface area contributed by atoms with E-state index in [9.17, 15) is 0 Å². The van der Waals surface area contributed by atoms with Gasteiger partial charge in [0.15, 0.2) is 0 Å². The van der Waals surface area contributed by atoms with E-state index >= 15 is 0 Å². The summed E-state index contributed by atoms with van der Waals surface area (Å²) in [4.78, 5) is 2.14. The van der Waals surface area contributed by atoms with Crippen molar-refractivity contribution in [3.8, 4) is 0 Å². The van der Waals surface area contributed by atoms with Crippen LogP contribution in [-0.2, 0) is 9.47 Å². The van der Waals surface area contributed by atoms with Crippen LogP contribution < -0.4 is 0 Å². The van der Waals surface area contributed by atoms with Crippen LogP contribution in [0.2, 0.25) is 0 Å². The summed E-state index contributed by atoms with van der Waals surface area (Å²) >= 11 is 9.51. The van der Waals surface area contributed by atoms with Gasteiger partial charge in [0.2, 0.25) is 0 Å². The smallest absolute Gasteiger partial charge is 0.133 e. The minimum atomic E-state index is 0.661. The summed E-state index contributed by atoms with van der Waals surface area (Å²) in [6.07, 6.45) is 10.1. The molecule has 5 heteroatoms. The molecule has 0 fully saturated rings. The molecule has 0 aliphatic heterocycles. The molecule has 0 aromatic heterocycles. The highest BCUT2D eigenvalue weighted by atomic mass is 32.1. The average molecular weight is 350 g/mol. The fourth-order valence-electron chi connectivity index (χ4n) is 2.13. The fourth-order valence-corrected chi connectivity index (χ4v) is 2.51. The zero-order valence-electron chi connectivity index (χ0n) is 14.5. The van der Waals surface area contributed by atoms with Gasteiger partial charge < -0.3 is 14.4 Å². The van der Waals surface area contributed by atoms with Crippen LogP contribution in [0.15, 0.2) is 0 Å². The molecule has 0 unspecified atom stereocenters. The lowest BCUT2D eigenvalue weighted by Gasteiger charge is -2.22. The number of nitrogens with zero attached hydrogens (tertiary/aromatic N) is 1. The molecular formula is C17H35NO2S2. The highest BCUT2D eigenvalue weighted by molar-refractivity contribution is 8.10. The molecule has 0 aliphatic rings. The van der Waals surface area contributed by atoms with E-state index < -0.39 is 0 Å². The van der Waals surface area contributed by atoms with Gasteiger partial charge in [-0.25, -0.2) is 0 Å². The summed E-state index contributed by atoms with van der Waals surface area (Å²) in [5, 5.41) is 0. The number of rotatable bonds is 16. The third-order valence-corrected chi connectivity index (χ3v) is 4.11. The van der Waals surface area contributed by atoms with E-state index in [1.54, 1.807) is 0 Å². The number of hydrogen-bond acceptors (Lipinski definition) is 3. The first-order chi connectivity index (χ1) is 10.7. The van der Waals surface area contributed by atoms with Gasteiger partial charge in [0.05, 0.1) is 19.8 Å². The Morgan fingerprint density at radius 3 is 2.00 bits per heavy atom. The van der Waals surface area contributed by atoms with Crippen LogP contribution in [0.3, 0.4) is 0 Å². The Labute approximate surface area is 148 Å². The van der Waals surface area contributed by atoms with Gasteiger partial charge in [-0.1, -0.05) is 64.6 Å². The SMILES string of the molecule is CCCCCCCCN(CCOCCOCCCC)C(=S)S. The maximum Gasteiger partial charge on any atom is 0.133 e. The largest absolute Gasteiger partial charge is 0.379 e. The lowest BCUT2D eigenvalue weighted by molar-refractivity contribution is 0.0431. The molecule has 0 aromatic rings. The van der Waals surface area contributed by atoms with E-state index in [0.29, 0.717) is 24.1 Å². The third-order valence-electron chi connectivity index (χ3n) is 3.57. The summed E-state index contributed by atoms with van der Waals surface area (Å²) in [6.45, 7) is 9.10. The molecular weight excluding hydrogens is 314 g/mol. The molecule has 3 nitrogen and oxygen atoms in total. The van der Waals surface area contributed by atoms with Crippen molar-refractivity contribution in [3.05, 3.63) is 0 Å². The number of hydrogen-bond donors (Lipinski definition) is 1. The van der Waals surface area contributed by atoms with Crippen molar-refractivity contribution in [2.45, 2.75) is 65.2 Å². The Morgan fingerprint density at radius 1 is 0.773 bits per heavy atom. The van der Waals surface area contributed by atoms with E-state index in [-0.39, 0.29) is 0 Å². The topological polar surface area (TPSA) is 21.7 Å². The first-order valence-corrected chi connectivity index (χ1v) is 9.71. The van der Waals surface area contributed by atoms with Crippen molar-refractivity contribution in [1.29, 1.82) is 0 Å². The summed E-state index contributed by atoms with van der Waals surface area (Å²) in [7, 11) is 0. The Balaban J connectivity index is 3.50. The molecule has 132 valence electrons. The van der Waals surface area contributed by atoms with E-state index in [0.717, 1.165) is 26.1 Å². The molecule has 0 saturated carbocycles. The minimum Gasteiger partial charge on any atom is -0.379 e. The molecule has 0 amide bonds. The molecule has 0 N–H and O–H groups in total. The molecule has 0 rings (SSSR count). The van der Waals surface area contributed by atoms with Crippen molar-refractivity contribution < 1.29 is 9.47 Å². The molecule has 0 spiro atoms. The molecule has 0 atom stereocenters. The maximum absolute atomic E-state index is 5.59. The molecule has 0 saturated heterocycles. The molecule has 22 heavy (non-hydrogen) atoms. The molecule has 0 aromatic carbocycles. The zero-order chi connectivity index (χ0) is 16.5. The Kier molecular flexibility index (Phi) is 17.6. The van der Waals surface area contributed by atoms with Gasteiger partial charge in [0, 0.05) is 19.7 Å². The lowest BCUT2D eigenvalue weighted by atomic mass is 10.1. The predicted molar refractivity (Wildman–Crippen MR) is 103 cm³/mol. The van der Waals surface area contributed by atoms with E-state index in [4.69, 9.17) is 21.7 Å². The summed E-state index contributed by atoms with van der Waals surface area (Å²) < 4.78 is 11.7. The maximum atomic E-state index is 5.59. The predicted octanol–water partition coefficient (Wildman–Crippen LogP) is 4.70. The van der Waals surface area contributed by atoms with Gasteiger partial charge in [-0.3, -0.25) is 0 Å². The number of thiol groups is 1. The minimum absolute atomic E-state index is 0.661. The Morgan fingerprint density at radius 2 is 1.36 bits per heavy atom. The van der Waals surface area contributed by atoms with Crippen molar-refractivity contribution in [2.75, 3.05) is 39.5 Å². The van der Waals surface area contributed by atoms with E-state index in [1.807, 2.05) is 0 Å². The van der Waals surface area contributed by atoms with Crippen LogP contribution in [0, 0.1) is 0 Å². The quantitative estimate of drug-likeness (QED) is 0.248. The van der Waals surface area contributed by atoms with Crippen molar-refractivity contribution in [3.63, 3.8) is 0 Å². The van der Waals surface area contributed by atoms with Crippen LogP contribution in [0.5, 0.6) is 0 Å². The standard InChI is InChI=1S/C17H35NO2S2/c1-3-5-7-8-9-10-11-18(17(21)22)12-14-20-16-15-19-13-6-4-2/h3-16H2,1-2H3,(H,21,22). The number of thiocarbonyl (C=S) groups is 1. The Hall–Kier alpha value is 0.160. The molecule has 0 aliphatic carbocycles. The van der Waals surface area contributed by atoms with Crippen molar-refractivity contribution in [1.82, 2.24) is 4.90 Å². The lowest BCUT2D eigenvalue weighted by Crippen LogP contribution is -2.31. The summed E-state index contributed by atoms with van der Waals surface area (Å²) in [6, 6.07) is 0. The van der Waals surface area contributed by atoms with Crippen LogP contribution in [0.4, 0.5) is 0 Å². The Bertz CT molecular complexity index is 253. The molecule has 0 heterocycles. The van der Waals surface area contributed by atoms with Crippen LogP contribution in [-0.4, -0.2) is 48.7 Å². The first kappa shape index (κ1) is 22.2. The summed E-state index contributed by atoms with van der Waals surface area (Å²) in [5.41, 5.74) is 0. The van der Waals surface area contributed by atoms with Gasteiger partial charge in [-0.05, 0) is 12.8 Å². The number of unbranched alkanes of at least 4 members (excludes halogenated alkanes) is 6. The molecule has 0 bridgehead atoms. The van der Waals surface area contributed by atoms with Gasteiger partial charge in [-0.2, -0.15) is 0 Å². The van der Waals surface area contributed by atoms with Gasteiger partial charge in [-0.15, -0.1) is 12.6 Å². The summed E-state index contributed by atoms with van der Waals surface area (Å²) in [5.74, 6) is 0. The second-order valence-electron chi connectivity index (χ2n) is 5.62. The zero-order valence-corrected chi connectivity index (χ0v) is 16.2. The highest BCUT2D eigenvalue weighted by Crippen LogP contribution is 2.07. The fraction of sp³-hybridized carbons (Fsp3) is 0.941. The van der Waals surface area contributed by atoms with Crippen molar-refractivity contribution >= 4 is 29.2 Å². The average Bonchev–Trinajstić information content (AvgIpc) is 2.50. The van der Waals surface area contributed by atoms with E-state index in [2.05, 4.69) is 31.4 Å². The normalized spacial score (nSPS) is 10.9. The van der Waals surface area contributed by atoms with Gasteiger partial charge >= 0.3 is 0 Å². The second kappa shape index (κ2) is 17.5. The van der Waals surface area contributed by atoms with Crippen LogP contribution in [0.1, 0.15) is 65.2 Å². The van der Waals surface area contributed by atoms with Crippen LogP contribution in [0.25, 0.3) is 0 Å². The first-order valence-electron chi connectivity index (χ1n) is 8.85.